The van der Waals surface area contributed by atoms with Crippen molar-refractivity contribution in [3.63, 3.8) is 0 Å². The lowest BCUT2D eigenvalue weighted by atomic mass is 10.1. The minimum atomic E-state index is -5.48. The van der Waals surface area contributed by atoms with Crippen LogP contribution < -0.4 is 0 Å². The normalized spacial score (nSPS) is 16.4. The van der Waals surface area contributed by atoms with E-state index in [1.54, 1.807) is 0 Å². The summed E-state index contributed by atoms with van der Waals surface area (Å²) in [7, 11) is 0. The molecule has 0 aliphatic carbocycles. The monoisotopic (exact) mass is 230 g/mol. The van der Waals surface area contributed by atoms with E-state index in [1.807, 2.05) is 0 Å². The average molecular weight is 230 g/mol. The molecule has 1 atom stereocenters. The first kappa shape index (κ1) is 12.9. The second-order valence-electron chi connectivity index (χ2n) is 2.31. The minimum Gasteiger partial charge on any atom is -0.236 e. The number of hydrogen-bond donors (Lipinski definition) is 1. The molecule has 0 aromatic carbocycles. The van der Waals surface area contributed by atoms with Crippen LogP contribution in [0.4, 0.5) is 30.7 Å². The van der Waals surface area contributed by atoms with E-state index in [1.165, 1.54) is 0 Å². The van der Waals surface area contributed by atoms with Crippen LogP contribution in [0.15, 0.2) is 0 Å². The Morgan fingerprint density at radius 1 is 0.923 bits per heavy atom. The molecule has 0 fully saturated rings. The van der Waals surface area contributed by atoms with Crippen molar-refractivity contribution in [1.82, 2.24) is 0 Å². The van der Waals surface area contributed by atoms with E-state index in [2.05, 4.69) is 12.6 Å². The molecule has 0 saturated carbocycles. The molecule has 0 nitrogen and oxygen atoms in total. The molecule has 0 bridgehead atoms. The van der Waals surface area contributed by atoms with E-state index in [4.69, 9.17) is 0 Å². The molecule has 1 unspecified atom stereocenters. The first-order valence-corrected chi connectivity index (χ1v) is 3.52. The van der Waals surface area contributed by atoms with Crippen molar-refractivity contribution in [1.29, 1.82) is 0 Å². The maximum atomic E-state index is 11.9. The summed E-state index contributed by atoms with van der Waals surface area (Å²) in [6.45, 7) is 0. The third-order valence-electron chi connectivity index (χ3n) is 1.22. The highest BCUT2D eigenvalue weighted by molar-refractivity contribution is 7.80. The predicted octanol–water partition coefficient (Wildman–Crippen LogP) is 3.34. The van der Waals surface area contributed by atoms with Crippen LogP contribution in [0, 0.1) is 5.92 Å². The van der Waals surface area contributed by atoms with Gasteiger partial charge in [-0.1, -0.05) is 0 Å². The Hall–Kier alpha value is -0.140. The van der Waals surface area contributed by atoms with Crippen LogP contribution in [0.5, 0.6) is 0 Å². The highest BCUT2D eigenvalue weighted by atomic mass is 32.1. The molecule has 0 radical (unpaired) electrons. The fourth-order valence-corrected chi connectivity index (χ4v) is 0.858. The Balaban J connectivity index is 4.58. The smallest absolute Gasteiger partial charge is 0.236 e. The number of rotatable bonds is 2. The van der Waals surface area contributed by atoms with E-state index in [0.717, 1.165) is 0 Å². The van der Waals surface area contributed by atoms with Crippen molar-refractivity contribution >= 4 is 12.6 Å². The molecule has 80 valence electrons. The fraction of sp³-hybridized carbons (Fsp3) is 1.00. The van der Waals surface area contributed by atoms with Crippen LogP contribution in [0.1, 0.15) is 6.42 Å². The van der Waals surface area contributed by atoms with Crippen LogP contribution >= 0.6 is 12.6 Å². The standard InChI is InChI=1S/C5H5F7S/c6-3(13)1-2(4(7,8)9)5(10,11)12/h2-3,13H,1H2. The van der Waals surface area contributed by atoms with Crippen LogP contribution in [0.2, 0.25) is 0 Å². The average Bonchev–Trinajstić information content (AvgIpc) is 1.77. The van der Waals surface area contributed by atoms with Gasteiger partial charge in [-0.05, 0) is 0 Å². The highest BCUT2D eigenvalue weighted by Crippen LogP contribution is 2.42. The molecular formula is C5H5F7S. The van der Waals surface area contributed by atoms with Crippen molar-refractivity contribution in [2.24, 2.45) is 5.92 Å². The molecule has 0 spiro atoms. The summed E-state index contributed by atoms with van der Waals surface area (Å²) < 4.78 is 81.8. The predicted molar refractivity (Wildman–Crippen MR) is 34.1 cm³/mol. The molecule has 0 aromatic rings. The van der Waals surface area contributed by atoms with Gasteiger partial charge in [-0.2, -0.15) is 26.3 Å². The van der Waals surface area contributed by atoms with Crippen LogP contribution in [-0.2, 0) is 0 Å². The second-order valence-corrected chi connectivity index (χ2v) is 2.87. The Bertz CT molecular complexity index is 143. The van der Waals surface area contributed by atoms with Gasteiger partial charge in [-0.3, -0.25) is 0 Å². The van der Waals surface area contributed by atoms with Crippen molar-refractivity contribution in [2.45, 2.75) is 24.3 Å². The highest BCUT2D eigenvalue weighted by Gasteiger charge is 2.56. The molecule has 13 heavy (non-hydrogen) atoms. The molecule has 0 aliphatic rings. The van der Waals surface area contributed by atoms with Gasteiger partial charge < -0.3 is 0 Å². The Labute approximate surface area is 74.5 Å². The van der Waals surface area contributed by atoms with Gasteiger partial charge in [0.05, 0.1) is 0 Å². The molecule has 0 heterocycles. The lowest BCUT2D eigenvalue weighted by Gasteiger charge is -2.22. The summed E-state index contributed by atoms with van der Waals surface area (Å²) in [5, 5.41) is 0. The number of hydrogen-bond acceptors (Lipinski definition) is 1. The van der Waals surface area contributed by atoms with Gasteiger partial charge in [0.25, 0.3) is 0 Å². The van der Waals surface area contributed by atoms with Crippen molar-refractivity contribution in [2.75, 3.05) is 0 Å². The van der Waals surface area contributed by atoms with Gasteiger partial charge in [0.2, 0.25) is 0 Å². The zero-order chi connectivity index (χ0) is 10.9. The summed E-state index contributed by atoms with van der Waals surface area (Å²) in [6.07, 6.45) is -12.7. The second kappa shape index (κ2) is 3.93. The first-order chi connectivity index (χ1) is 5.55. The van der Waals surface area contributed by atoms with Crippen molar-refractivity contribution in [3.05, 3.63) is 0 Å². The van der Waals surface area contributed by atoms with Gasteiger partial charge in [0, 0.05) is 6.42 Å². The maximum absolute atomic E-state index is 11.9. The zero-order valence-corrected chi connectivity index (χ0v) is 6.85. The van der Waals surface area contributed by atoms with Gasteiger partial charge in [-0.25, -0.2) is 4.39 Å². The molecular weight excluding hydrogens is 225 g/mol. The van der Waals surface area contributed by atoms with Gasteiger partial charge in [-0.15, -0.1) is 12.6 Å². The maximum Gasteiger partial charge on any atom is 0.400 e. The molecule has 0 aromatic heterocycles. The van der Waals surface area contributed by atoms with Gasteiger partial charge in [0.1, 0.15) is 5.50 Å². The third-order valence-corrected chi connectivity index (χ3v) is 1.43. The molecule has 0 aliphatic heterocycles. The molecule has 0 rings (SSSR count). The Morgan fingerprint density at radius 2 is 1.23 bits per heavy atom. The summed E-state index contributed by atoms with van der Waals surface area (Å²) >= 11 is 2.83. The Morgan fingerprint density at radius 3 is 1.31 bits per heavy atom. The number of thiol groups is 1. The lowest BCUT2D eigenvalue weighted by Crippen LogP contribution is -2.37. The lowest BCUT2D eigenvalue weighted by molar-refractivity contribution is -0.286. The van der Waals surface area contributed by atoms with Crippen LogP contribution in [-0.4, -0.2) is 17.9 Å². The van der Waals surface area contributed by atoms with E-state index in [-0.39, 0.29) is 0 Å². The summed E-state index contributed by atoms with van der Waals surface area (Å²) in [5.41, 5.74) is -2.44. The summed E-state index contributed by atoms with van der Waals surface area (Å²) in [4.78, 5) is 0. The molecule has 0 N–H and O–H groups in total. The quantitative estimate of drug-likeness (QED) is 0.545. The SMILES string of the molecule is FC(S)CC(C(F)(F)F)C(F)(F)F. The molecule has 8 heteroatoms. The number of alkyl halides is 7. The first-order valence-electron chi connectivity index (χ1n) is 3.00. The van der Waals surface area contributed by atoms with E-state index in [0.29, 0.717) is 0 Å². The molecule has 0 saturated heterocycles. The summed E-state index contributed by atoms with van der Waals surface area (Å²) in [5.74, 6) is -3.65. The largest absolute Gasteiger partial charge is 0.400 e. The van der Waals surface area contributed by atoms with Crippen LogP contribution in [0.3, 0.4) is 0 Å². The fourth-order valence-electron chi connectivity index (χ4n) is 0.647. The van der Waals surface area contributed by atoms with E-state index < -0.39 is 30.2 Å². The van der Waals surface area contributed by atoms with Crippen molar-refractivity contribution in [3.8, 4) is 0 Å². The van der Waals surface area contributed by atoms with Crippen molar-refractivity contribution < 1.29 is 30.7 Å². The van der Waals surface area contributed by atoms with Crippen LogP contribution in [0.25, 0.3) is 0 Å². The Kier molecular flexibility index (Phi) is 3.89. The summed E-state index contributed by atoms with van der Waals surface area (Å²) in [6, 6.07) is 0. The minimum absolute atomic E-state index is 1.71. The van der Waals surface area contributed by atoms with E-state index >= 15 is 0 Å². The van der Waals surface area contributed by atoms with Gasteiger partial charge >= 0.3 is 12.4 Å². The van der Waals surface area contributed by atoms with Gasteiger partial charge in [0.15, 0.2) is 5.92 Å². The van der Waals surface area contributed by atoms with E-state index in [9.17, 15) is 30.7 Å². The topological polar surface area (TPSA) is 0 Å². The number of halogens is 7. The molecule has 0 amide bonds. The zero-order valence-electron chi connectivity index (χ0n) is 5.95. The third kappa shape index (κ3) is 4.58.